The van der Waals surface area contributed by atoms with E-state index in [4.69, 9.17) is 4.74 Å². The predicted octanol–water partition coefficient (Wildman–Crippen LogP) is 2.91. The molecule has 1 amide bonds. The molecule has 2 aromatic rings. The second-order valence-corrected chi connectivity index (χ2v) is 6.42. The van der Waals surface area contributed by atoms with E-state index in [-0.39, 0.29) is 5.91 Å². The Bertz CT molecular complexity index is 698. The smallest absolute Gasteiger partial charge is 0.252 e. The predicted molar refractivity (Wildman–Crippen MR) is 99.3 cm³/mol. The minimum absolute atomic E-state index is 0.0691. The molecule has 25 heavy (non-hydrogen) atoms. The van der Waals surface area contributed by atoms with Crippen molar-refractivity contribution < 1.29 is 9.53 Å². The number of methoxy groups -OCH3 is 1. The molecule has 1 unspecified atom stereocenters. The number of anilines is 1. The summed E-state index contributed by atoms with van der Waals surface area (Å²) < 4.78 is 5.21. The highest BCUT2D eigenvalue weighted by atomic mass is 16.5. The van der Waals surface area contributed by atoms with Gasteiger partial charge in [-0.1, -0.05) is 12.1 Å². The van der Waals surface area contributed by atoms with Gasteiger partial charge in [0, 0.05) is 25.8 Å². The molecule has 5 heteroatoms. The van der Waals surface area contributed by atoms with Crippen molar-refractivity contribution in [1.29, 1.82) is 0 Å². The zero-order valence-electron chi connectivity index (χ0n) is 14.9. The number of rotatable bonds is 6. The van der Waals surface area contributed by atoms with Gasteiger partial charge in [0.05, 0.1) is 12.7 Å². The lowest BCUT2D eigenvalue weighted by molar-refractivity contribution is 0.0955. The zero-order chi connectivity index (χ0) is 17.6. The lowest BCUT2D eigenvalue weighted by Gasteiger charge is -2.18. The van der Waals surface area contributed by atoms with Crippen molar-refractivity contribution in [2.45, 2.75) is 19.8 Å². The van der Waals surface area contributed by atoms with Crippen LogP contribution < -0.4 is 15.0 Å². The van der Waals surface area contributed by atoms with Gasteiger partial charge in [0.1, 0.15) is 11.6 Å². The summed E-state index contributed by atoms with van der Waals surface area (Å²) in [4.78, 5) is 18.6. The van der Waals surface area contributed by atoms with Gasteiger partial charge >= 0.3 is 0 Å². The van der Waals surface area contributed by atoms with Gasteiger partial charge in [0.2, 0.25) is 0 Å². The average Bonchev–Trinajstić information content (AvgIpc) is 3.11. The molecule has 2 heterocycles. The molecule has 0 radical (unpaired) electrons. The van der Waals surface area contributed by atoms with Gasteiger partial charge in [0.25, 0.3) is 5.91 Å². The number of hydrogen-bond donors (Lipinski definition) is 1. The van der Waals surface area contributed by atoms with E-state index in [0.717, 1.165) is 37.5 Å². The van der Waals surface area contributed by atoms with Gasteiger partial charge in [-0.2, -0.15) is 0 Å². The van der Waals surface area contributed by atoms with E-state index in [1.165, 1.54) is 5.56 Å². The first-order valence-corrected chi connectivity index (χ1v) is 8.81. The molecule has 1 N–H and O–H groups in total. The standard InChI is InChI=1S/C20H25N3O2/c1-3-21-20(24)17-6-9-19(22-13-17)23-11-10-16(14-23)12-15-4-7-18(25-2)8-5-15/h4-9,13,16H,3,10-12,14H2,1-2H3,(H,21,24). The number of nitrogens with zero attached hydrogens (tertiary/aromatic N) is 2. The summed E-state index contributed by atoms with van der Waals surface area (Å²) in [5.74, 6) is 2.40. The van der Waals surface area contributed by atoms with E-state index in [2.05, 4.69) is 27.3 Å². The van der Waals surface area contributed by atoms with E-state index < -0.39 is 0 Å². The van der Waals surface area contributed by atoms with Crippen molar-refractivity contribution in [2.24, 2.45) is 5.92 Å². The maximum atomic E-state index is 11.8. The van der Waals surface area contributed by atoms with Gasteiger partial charge < -0.3 is 15.0 Å². The summed E-state index contributed by atoms with van der Waals surface area (Å²) in [6.07, 6.45) is 3.89. The maximum absolute atomic E-state index is 11.8. The molecule has 1 atom stereocenters. The number of aromatic nitrogens is 1. The van der Waals surface area contributed by atoms with Crippen molar-refractivity contribution in [3.63, 3.8) is 0 Å². The lowest BCUT2D eigenvalue weighted by Crippen LogP contribution is -2.24. The molecule has 0 aliphatic carbocycles. The minimum Gasteiger partial charge on any atom is -0.497 e. The Morgan fingerprint density at radius 2 is 2.08 bits per heavy atom. The normalized spacial score (nSPS) is 16.7. The van der Waals surface area contributed by atoms with E-state index >= 15 is 0 Å². The van der Waals surface area contributed by atoms with Crippen LogP contribution in [0.5, 0.6) is 5.75 Å². The molecule has 1 saturated heterocycles. The Hall–Kier alpha value is -2.56. The van der Waals surface area contributed by atoms with Gasteiger partial charge in [-0.25, -0.2) is 4.98 Å². The Morgan fingerprint density at radius 1 is 1.28 bits per heavy atom. The van der Waals surface area contributed by atoms with Crippen LogP contribution in [0.1, 0.15) is 29.3 Å². The molecule has 0 spiro atoms. The number of carbonyl (C=O) groups is 1. The first-order valence-electron chi connectivity index (χ1n) is 8.81. The lowest BCUT2D eigenvalue weighted by atomic mass is 9.99. The second-order valence-electron chi connectivity index (χ2n) is 6.42. The Labute approximate surface area is 149 Å². The first-order chi connectivity index (χ1) is 12.2. The van der Waals surface area contributed by atoms with Crippen LogP contribution in [0.2, 0.25) is 0 Å². The highest BCUT2D eigenvalue weighted by Crippen LogP contribution is 2.25. The monoisotopic (exact) mass is 339 g/mol. The van der Waals surface area contributed by atoms with Crippen LogP contribution in [0, 0.1) is 5.92 Å². The number of nitrogens with one attached hydrogen (secondary N) is 1. The van der Waals surface area contributed by atoms with Crippen molar-refractivity contribution in [2.75, 3.05) is 31.6 Å². The largest absolute Gasteiger partial charge is 0.497 e. The number of hydrogen-bond acceptors (Lipinski definition) is 4. The summed E-state index contributed by atoms with van der Waals surface area (Å²) in [7, 11) is 1.69. The van der Waals surface area contributed by atoms with Crippen molar-refractivity contribution in [3.05, 3.63) is 53.7 Å². The molecular weight excluding hydrogens is 314 g/mol. The first kappa shape index (κ1) is 17.3. The highest BCUT2D eigenvalue weighted by molar-refractivity contribution is 5.94. The Kier molecular flexibility index (Phi) is 5.53. The number of amides is 1. The molecule has 1 aromatic heterocycles. The highest BCUT2D eigenvalue weighted by Gasteiger charge is 2.23. The third-order valence-electron chi connectivity index (χ3n) is 4.64. The van der Waals surface area contributed by atoms with Gasteiger partial charge in [-0.15, -0.1) is 0 Å². The molecule has 3 rings (SSSR count). The molecule has 132 valence electrons. The summed E-state index contributed by atoms with van der Waals surface area (Å²) in [6, 6.07) is 12.1. The van der Waals surface area contributed by atoms with Crippen LogP contribution in [-0.2, 0) is 6.42 Å². The van der Waals surface area contributed by atoms with E-state index in [9.17, 15) is 4.79 Å². The van der Waals surface area contributed by atoms with E-state index in [1.807, 2.05) is 31.2 Å². The topological polar surface area (TPSA) is 54.5 Å². The van der Waals surface area contributed by atoms with E-state index in [0.29, 0.717) is 18.0 Å². The van der Waals surface area contributed by atoms with Crippen LogP contribution in [0.25, 0.3) is 0 Å². The number of carbonyl (C=O) groups excluding carboxylic acids is 1. The zero-order valence-corrected chi connectivity index (χ0v) is 14.9. The summed E-state index contributed by atoms with van der Waals surface area (Å²) in [5.41, 5.74) is 1.95. The summed E-state index contributed by atoms with van der Waals surface area (Å²) in [6.45, 7) is 4.54. The fourth-order valence-electron chi connectivity index (χ4n) is 3.27. The number of ether oxygens (including phenoxy) is 1. The van der Waals surface area contributed by atoms with E-state index in [1.54, 1.807) is 13.3 Å². The van der Waals surface area contributed by atoms with Crippen LogP contribution in [-0.4, -0.2) is 37.6 Å². The second kappa shape index (κ2) is 8.01. The summed E-state index contributed by atoms with van der Waals surface area (Å²) >= 11 is 0. The Balaban J connectivity index is 1.57. The summed E-state index contributed by atoms with van der Waals surface area (Å²) in [5, 5.41) is 2.79. The van der Waals surface area contributed by atoms with Crippen molar-refractivity contribution >= 4 is 11.7 Å². The van der Waals surface area contributed by atoms with Crippen LogP contribution in [0.15, 0.2) is 42.6 Å². The quantitative estimate of drug-likeness (QED) is 0.879. The number of pyridine rings is 1. The SMILES string of the molecule is CCNC(=O)c1ccc(N2CCC(Cc3ccc(OC)cc3)C2)nc1. The van der Waals surface area contributed by atoms with Gasteiger partial charge in [-0.05, 0) is 55.5 Å². The third kappa shape index (κ3) is 4.29. The Morgan fingerprint density at radius 3 is 2.72 bits per heavy atom. The minimum atomic E-state index is -0.0691. The van der Waals surface area contributed by atoms with Crippen LogP contribution in [0.3, 0.4) is 0 Å². The van der Waals surface area contributed by atoms with Crippen LogP contribution in [0.4, 0.5) is 5.82 Å². The molecular formula is C20H25N3O2. The van der Waals surface area contributed by atoms with Gasteiger partial charge in [0.15, 0.2) is 0 Å². The average molecular weight is 339 g/mol. The number of benzene rings is 1. The fraction of sp³-hybridized carbons (Fsp3) is 0.400. The van der Waals surface area contributed by atoms with Crippen molar-refractivity contribution in [1.82, 2.24) is 10.3 Å². The third-order valence-corrected chi connectivity index (χ3v) is 4.64. The molecule has 1 fully saturated rings. The fourth-order valence-corrected chi connectivity index (χ4v) is 3.27. The molecule has 5 nitrogen and oxygen atoms in total. The molecule has 0 bridgehead atoms. The molecule has 0 saturated carbocycles. The molecule has 1 aliphatic rings. The molecule has 1 aromatic carbocycles. The molecule has 1 aliphatic heterocycles. The van der Waals surface area contributed by atoms with Gasteiger partial charge in [-0.3, -0.25) is 4.79 Å². The maximum Gasteiger partial charge on any atom is 0.252 e. The van der Waals surface area contributed by atoms with Crippen molar-refractivity contribution in [3.8, 4) is 5.75 Å². The van der Waals surface area contributed by atoms with Crippen LogP contribution >= 0.6 is 0 Å².